The van der Waals surface area contributed by atoms with E-state index in [0.29, 0.717) is 22.7 Å². The third-order valence-electron chi connectivity index (χ3n) is 4.36. The number of hydrogen-bond donors (Lipinski definition) is 1. The highest BCUT2D eigenvalue weighted by Crippen LogP contribution is 2.24. The monoisotopic (exact) mass is 370 g/mol. The summed E-state index contributed by atoms with van der Waals surface area (Å²) in [5.41, 5.74) is 6.05. The zero-order valence-electron chi connectivity index (χ0n) is 15.5. The molecule has 0 radical (unpaired) electrons. The van der Waals surface area contributed by atoms with Crippen molar-refractivity contribution in [2.45, 2.75) is 13.8 Å². The number of amides is 1. The Kier molecular flexibility index (Phi) is 4.68. The van der Waals surface area contributed by atoms with E-state index in [4.69, 9.17) is 4.42 Å². The average Bonchev–Trinajstić information content (AvgIpc) is 3.18. The first kappa shape index (κ1) is 17.6. The molecule has 0 saturated heterocycles. The first-order valence-electron chi connectivity index (χ1n) is 8.83. The molecule has 28 heavy (non-hydrogen) atoms. The Hall–Kier alpha value is -3.80. The molecule has 0 aliphatic carbocycles. The topological polar surface area (TPSA) is 80.4 Å². The van der Waals surface area contributed by atoms with E-state index >= 15 is 0 Å². The fraction of sp³-hybridized carbons (Fsp3) is 0.0909. The number of aryl methyl sites for hydroxylation is 1. The summed E-state index contributed by atoms with van der Waals surface area (Å²) < 4.78 is 5.53. The van der Waals surface area contributed by atoms with Crippen molar-refractivity contribution in [3.05, 3.63) is 84.1 Å². The van der Waals surface area contributed by atoms with Crippen LogP contribution in [-0.2, 0) is 0 Å². The third kappa shape index (κ3) is 3.53. The summed E-state index contributed by atoms with van der Waals surface area (Å²) in [5, 5.41) is 4.95. The zero-order valence-corrected chi connectivity index (χ0v) is 15.5. The molecule has 3 aromatic heterocycles. The SMILES string of the molecule is C/C(=N\NC(=O)c1cc(-c2ccncc2)nc2ccccc12)c1ccc(C)o1. The van der Waals surface area contributed by atoms with Crippen LogP contribution in [0.4, 0.5) is 0 Å². The van der Waals surface area contributed by atoms with E-state index < -0.39 is 0 Å². The van der Waals surface area contributed by atoms with Gasteiger partial charge in [0.1, 0.15) is 17.2 Å². The van der Waals surface area contributed by atoms with Gasteiger partial charge in [0.25, 0.3) is 5.91 Å². The summed E-state index contributed by atoms with van der Waals surface area (Å²) >= 11 is 0. The van der Waals surface area contributed by atoms with Crippen LogP contribution >= 0.6 is 0 Å². The van der Waals surface area contributed by atoms with Gasteiger partial charge in [-0.2, -0.15) is 5.10 Å². The lowest BCUT2D eigenvalue weighted by atomic mass is 10.0. The quantitative estimate of drug-likeness (QED) is 0.428. The molecule has 0 atom stereocenters. The largest absolute Gasteiger partial charge is 0.460 e. The van der Waals surface area contributed by atoms with Crippen LogP contribution in [0.15, 0.2) is 76.5 Å². The molecule has 1 N–H and O–H groups in total. The molecule has 0 unspecified atom stereocenters. The number of aromatic nitrogens is 2. The molecular formula is C22H18N4O2. The van der Waals surface area contributed by atoms with Crippen molar-refractivity contribution in [2.24, 2.45) is 5.10 Å². The number of carbonyl (C=O) groups excluding carboxylic acids is 1. The number of benzene rings is 1. The molecular weight excluding hydrogens is 352 g/mol. The van der Waals surface area contributed by atoms with Gasteiger partial charge in [-0.3, -0.25) is 9.78 Å². The maximum absolute atomic E-state index is 12.9. The fourth-order valence-corrected chi connectivity index (χ4v) is 2.91. The van der Waals surface area contributed by atoms with Gasteiger partial charge in [-0.1, -0.05) is 18.2 Å². The zero-order chi connectivity index (χ0) is 19.5. The minimum atomic E-state index is -0.309. The van der Waals surface area contributed by atoms with Crippen molar-refractivity contribution in [1.82, 2.24) is 15.4 Å². The number of nitrogens with zero attached hydrogens (tertiary/aromatic N) is 3. The van der Waals surface area contributed by atoms with Gasteiger partial charge in [-0.15, -0.1) is 0 Å². The Balaban J connectivity index is 1.71. The molecule has 0 spiro atoms. The van der Waals surface area contributed by atoms with Gasteiger partial charge >= 0.3 is 0 Å². The van der Waals surface area contributed by atoms with Crippen LogP contribution in [-0.4, -0.2) is 21.6 Å². The second-order valence-corrected chi connectivity index (χ2v) is 6.36. The summed E-state index contributed by atoms with van der Waals surface area (Å²) in [4.78, 5) is 21.6. The van der Waals surface area contributed by atoms with E-state index in [1.165, 1.54) is 0 Å². The smallest absolute Gasteiger partial charge is 0.272 e. The Bertz CT molecular complexity index is 1180. The van der Waals surface area contributed by atoms with Crippen LogP contribution in [0.3, 0.4) is 0 Å². The van der Waals surface area contributed by atoms with Gasteiger partial charge in [-0.05, 0) is 50.2 Å². The molecule has 138 valence electrons. The summed E-state index contributed by atoms with van der Waals surface area (Å²) in [5.74, 6) is 1.10. The molecule has 1 amide bonds. The number of para-hydroxylation sites is 1. The normalized spacial score (nSPS) is 11.6. The lowest BCUT2D eigenvalue weighted by molar-refractivity contribution is 0.0956. The standard InChI is InChI=1S/C22H18N4O2/c1-14-7-8-21(28-14)15(2)25-26-22(27)18-13-20(16-9-11-23-12-10-16)24-19-6-4-3-5-17(18)19/h3-13H,1-2H3,(H,26,27)/b25-15+. The van der Waals surface area contributed by atoms with Gasteiger partial charge in [0.2, 0.25) is 0 Å². The number of pyridine rings is 2. The van der Waals surface area contributed by atoms with E-state index in [2.05, 4.69) is 20.5 Å². The highest BCUT2D eigenvalue weighted by Gasteiger charge is 2.14. The van der Waals surface area contributed by atoms with Crippen molar-refractivity contribution < 1.29 is 9.21 Å². The number of rotatable bonds is 4. The first-order chi connectivity index (χ1) is 13.6. The van der Waals surface area contributed by atoms with E-state index in [-0.39, 0.29) is 5.91 Å². The Morgan fingerprint density at radius 3 is 2.61 bits per heavy atom. The summed E-state index contributed by atoms with van der Waals surface area (Å²) in [6.45, 7) is 3.64. The van der Waals surface area contributed by atoms with Crippen LogP contribution < -0.4 is 5.43 Å². The number of furan rings is 1. The van der Waals surface area contributed by atoms with Crippen molar-refractivity contribution in [3.8, 4) is 11.3 Å². The Morgan fingerprint density at radius 2 is 1.86 bits per heavy atom. The molecule has 6 heteroatoms. The number of hydrogen-bond acceptors (Lipinski definition) is 5. The summed E-state index contributed by atoms with van der Waals surface area (Å²) in [6, 6.07) is 16.7. The van der Waals surface area contributed by atoms with Crippen LogP contribution in [0.5, 0.6) is 0 Å². The molecule has 0 aliphatic rings. The molecule has 0 bridgehead atoms. The lowest BCUT2D eigenvalue weighted by Crippen LogP contribution is -2.20. The molecule has 0 saturated carbocycles. The van der Waals surface area contributed by atoms with Gasteiger partial charge < -0.3 is 4.42 Å². The Morgan fingerprint density at radius 1 is 1.07 bits per heavy atom. The molecule has 3 heterocycles. The third-order valence-corrected chi connectivity index (χ3v) is 4.36. The molecule has 0 aliphatic heterocycles. The molecule has 0 fully saturated rings. The van der Waals surface area contributed by atoms with E-state index in [9.17, 15) is 4.79 Å². The summed E-state index contributed by atoms with van der Waals surface area (Å²) in [6.07, 6.45) is 3.40. The lowest BCUT2D eigenvalue weighted by Gasteiger charge is -2.09. The van der Waals surface area contributed by atoms with Crippen molar-refractivity contribution in [1.29, 1.82) is 0 Å². The van der Waals surface area contributed by atoms with Crippen molar-refractivity contribution in [2.75, 3.05) is 0 Å². The van der Waals surface area contributed by atoms with E-state index in [1.54, 1.807) is 25.4 Å². The van der Waals surface area contributed by atoms with Gasteiger partial charge in [0.05, 0.1) is 16.8 Å². The van der Waals surface area contributed by atoms with Crippen LogP contribution in [0, 0.1) is 6.92 Å². The molecule has 4 rings (SSSR count). The highest BCUT2D eigenvalue weighted by molar-refractivity contribution is 6.07. The molecule has 6 nitrogen and oxygen atoms in total. The van der Waals surface area contributed by atoms with E-state index in [0.717, 1.165) is 22.2 Å². The van der Waals surface area contributed by atoms with Crippen molar-refractivity contribution in [3.63, 3.8) is 0 Å². The van der Waals surface area contributed by atoms with Crippen LogP contribution in [0.2, 0.25) is 0 Å². The summed E-state index contributed by atoms with van der Waals surface area (Å²) in [7, 11) is 0. The molecule has 4 aromatic rings. The number of hydrazone groups is 1. The second-order valence-electron chi connectivity index (χ2n) is 6.36. The maximum atomic E-state index is 12.9. The average molecular weight is 370 g/mol. The minimum Gasteiger partial charge on any atom is -0.460 e. The Labute approximate surface area is 161 Å². The maximum Gasteiger partial charge on any atom is 0.272 e. The molecule has 1 aromatic carbocycles. The fourth-order valence-electron chi connectivity index (χ4n) is 2.91. The predicted molar refractivity (Wildman–Crippen MR) is 108 cm³/mol. The highest BCUT2D eigenvalue weighted by atomic mass is 16.3. The van der Waals surface area contributed by atoms with Crippen LogP contribution in [0.25, 0.3) is 22.2 Å². The predicted octanol–water partition coefficient (Wildman–Crippen LogP) is 4.35. The van der Waals surface area contributed by atoms with Gasteiger partial charge in [-0.25, -0.2) is 10.4 Å². The van der Waals surface area contributed by atoms with Crippen molar-refractivity contribution >= 4 is 22.5 Å². The second kappa shape index (κ2) is 7.44. The number of fused-ring (bicyclic) bond motifs is 1. The number of carbonyl (C=O) groups is 1. The van der Waals surface area contributed by atoms with Gasteiger partial charge in [0.15, 0.2) is 0 Å². The minimum absolute atomic E-state index is 0.309. The number of nitrogens with one attached hydrogen (secondary N) is 1. The van der Waals surface area contributed by atoms with Crippen LogP contribution in [0.1, 0.15) is 28.8 Å². The van der Waals surface area contributed by atoms with Gasteiger partial charge in [0, 0.05) is 23.3 Å². The van der Waals surface area contributed by atoms with E-state index in [1.807, 2.05) is 55.5 Å². The first-order valence-corrected chi connectivity index (χ1v) is 8.83.